The monoisotopic (exact) mass is 126 g/mol. The van der Waals surface area contributed by atoms with E-state index in [0.717, 1.165) is 13.0 Å². The molecular weight excluding hydrogens is 118 g/mol. The molecule has 0 unspecified atom stereocenters. The van der Waals surface area contributed by atoms with E-state index in [1.165, 1.54) is 4.79 Å². The maximum atomic E-state index is 3.54. The average Bonchev–Trinajstić information content (AvgIpc) is 2.34. The van der Waals surface area contributed by atoms with Crippen LogP contribution in [0.15, 0.2) is 0 Å². The van der Waals surface area contributed by atoms with Crippen molar-refractivity contribution in [1.29, 1.82) is 0 Å². The fourth-order valence-corrected chi connectivity index (χ4v) is 0.427. The number of nitrogens with zero attached hydrogens (tertiary/aromatic N) is 4. The van der Waals surface area contributed by atoms with Crippen LogP contribution in [0, 0.1) is 6.33 Å². The number of rotatable bonds is 3. The Morgan fingerprint density at radius 2 is 2.56 bits per heavy atom. The Balaban J connectivity index is 2.30. The second-order valence-corrected chi connectivity index (χ2v) is 1.60. The fraction of sp³-hybridized carbons (Fsp3) is 0.750. The van der Waals surface area contributed by atoms with Gasteiger partial charge >= 0.3 is 0 Å². The highest BCUT2D eigenvalue weighted by atomic mass is 15.7. The van der Waals surface area contributed by atoms with Gasteiger partial charge in [0.05, 0.1) is 0 Å². The molecule has 0 aliphatic carbocycles. The number of hydrogen-bond acceptors (Lipinski definition) is 4. The van der Waals surface area contributed by atoms with Crippen LogP contribution in [0.2, 0.25) is 0 Å². The van der Waals surface area contributed by atoms with Gasteiger partial charge in [-0.25, -0.2) is 6.33 Å². The summed E-state index contributed by atoms with van der Waals surface area (Å²) in [6.07, 6.45) is 3.55. The minimum absolute atomic E-state index is 0.863. The summed E-state index contributed by atoms with van der Waals surface area (Å²) in [5.41, 5.74) is 2.90. The van der Waals surface area contributed by atoms with Crippen molar-refractivity contribution >= 4 is 0 Å². The van der Waals surface area contributed by atoms with Crippen LogP contribution in [0.25, 0.3) is 0 Å². The minimum Gasteiger partial charge on any atom is -0.340 e. The molecular formula is C4H8N5-. The molecule has 0 saturated heterocycles. The van der Waals surface area contributed by atoms with Crippen LogP contribution in [0.5, 0.6) is 0 Å². The van der Waals surface area contributed by atoms with Crippen LogP contribution in [0.3, 0.4) is 0 Å². The SMILES string of the molecule is CCCNn1[c-]nnn1. The predicted molar refractivity (Wildman–Crippen MR) is 31.2 cm³/mol. The Morgan fingerprint density at radius 3 is 3.11 bits per heavy atom. The molecule has 0 fully saturated rings. The third-order valence-electron chi connectivity index (χ3n) is 0.825. The lowest BCUT2D eigenvalue weighted by molar-refractivity contribution is 0.678. The normalized spacial score (nSPS) is 9.44. The molecule has 0 radical (unpaired) electrons. The zero-order valence-corrected chi connectivity index (χ0v) is 5.20. The molecule has 9 heavy (non-hydrogen) atoms. The quantitative estimate of drug-likeness (QED) is 0.551. The number of tetrazole rings is 1. The number of hydrogen-bond donors (Lipinski definition) is 1. The van der Waals surface area contributed by atoms with E-state index >= 15 is 0 Å². The van der Waals surface area contributed by atoms with E-state index in [9.17, 15) is 0 Å². The van der Waals surface area contributed by atoms with Gasteiger partial charge in [0.2, 0.25) is 0 Å². The average molecular weight is 126 g/mol. The van der Waals surface area contributed by atoms with E-state index < -0.39 is 0 Å². The van der Waals surface area contributed by atoms with Gasteiger partial charge in [0, 0.05) is 6.54 Å². The summed E-state index contributed by atoms with van der Waals surface area (Å²) in [4.78, 5) is 1.36. The number of aromatic nitrogens is 4. The fourth-order valence-electron chi connectivity index (χ4n) is 0.427. The minimum atomic E-state index is 0.863. The predicted octanol–water partition coefficient (Wildman–Crippen LogP) is -0.573. The molecule has 50 valence electrons. The molecule has 5 nitrogen and oxygen atoms in total. The lowest BCUT2D eigenvalue weighted by atomic mass is 10.5. The van der Waals surface area contributed by atoms with Crippen LogP contribution in [-0.4, -0.2) is 26.9 Å². The van der Waals surface area contributed by atoms with Gasteiger partial charge in [-0.15, -0.1) is 0 Å². The summed E-state index contributed by atoms with van der Waals surface area (Å²) in [5.74, 6) is 0. The molecule has 1 rings (SSSR count). The van der Waals surface area contributed by atoms with Gasteiger partial charge in [-0.3, -0.25) is 0 Å². The third-order valence-corrected chi connectivity index (χ3v) is 0.825. The Hall–Kier alpha value is -1.13. The van der Waals surface area contributed by atoms with Crippen LogP contribution in [0.4, 0.5) is 0 Å². The molecule has 1 aromatic heterocycles. The van der Waals surface area contributed by atoms with Crippen LogP contribution >= 0.6 is 0 Å². The van der Waals surface area contributed by atoms with Gasteiger partial charge in [0.25, 0.3) is 0 Å². The topological polar surface area (TPSA) is 55.6 Å². The van der Waals surface area contributed by atoms with E-state index in [1.807, 2.05) is 0 Å². The van der Waals surface area contributed by atoms with E-state index in [-0.39, 0.29) is 0 Å². The highest BCUT2D eigenvalue weighted by molar-refractivity contribution is 4.59. The van der Waals surface area contributed by atoms with E-state index in [1.54, 1.807) is 0 Å². The van der Waals surface area contributed by atoms with Gasteiger partial charge in [-0.2, -0.15) is 0 Å². The second kappa shape index (κ2) is 3.01. The second-order valence-electron chi connectivity index (χ2n) is 1.60. The van der Waals surface area contributed by atoms with Crippen LogP contribution in [-0.2, 0) is 0 Å². The van der Waals surface area contributed by atoms with Crippen molar-refractivity contribution in [3.63, 3.8) is 0 Å². The van der Waals surface area contributed by atoms with Crippen molar-refractivity contribution in [3.05, 3.63) is 6.33 Å². The van der Waals surface area contributed by atoms with Crippen molar-refractivity contribution in [2.45, 2.75) is 13.3 Å². The summed E-state index contributed by atoms with van der Waals surface area (Å²) >= 11 is 0. The van der Waals surface area contributed by atoms with Crippen molar-refractivity contribution in [1.82, 2.24) is 20.3 Å². The standard InChI is InChI=1S/C4H8N5/c1-2-3-6-9-4-5-7-8-9/h6H,2-3H2,1H3/q-1. The summed E-state index contributed by atoms with van der Waals surface area (Å²) in [6, 6.07) is 0. The Morgan fingerprint density at radius 1 is 1.67 bits per heavy atom. The first-order valence-corrected chi connectivity index (χ1v) is 2.83. The van der Waals surface area contributed by atoms with Crippen molar-refractivity contribution < 1.29 is 0 Å². The molecule has 1 aromatic rings. The van der Waals surface area contributed by atoms with E-state index in [4.69, 9.17) is 0 Å². The Labute approximate surface area is 53.0 Å². The van der Waals surface area contributed by atoms with Crippen LogP contribution < -0.4 is 5.43 Å². The lowest BCUT2D eigenvalue weighted by Crippen LogP contribution is -2.16. The van der Waals surface area contributed by atoms with Crippen LogP contribution in [0.1, 0.15) is 13.3 Å². The smallest absolute Gasteiger partial charge is 0.0297 e. The maximum Gasteiger partial charge on any atom is 0.0297 e. The first-order chi connectivity index (χ1) is 4.43. The zero-order valence-electron chi connectivity index (χ0n) is 5.20. The van der Waals surface area contributed by atoms with Gasteiger partial charge in [0.1, 0.15) is 0 Å². The molecule has 0 amide bonds. The molecule has 1 heterocycles. The maximum absolute atomic E-state index is 3.54. The van der Waals surface area contributed by atoms with Gasteiger partial charge < -0.3 is 15.3 Å². The van der Waals surface area contributed by atoms with Crippen molar-refractivity contribution in [2.24, 2.45) is 0 Å². The molecule has 0 saturated carbocycles. The summed E-state index contributed by atoms with van der Waals surface area (Å²) in [7, 11) is 0. The summed E-state index contributed by atoms with van der Waals surface area (Å²) < 4.78 is 0. The summed E-state index contributed by atoms with van der Waals surface area (Å²) in [5, 5.41) is 10.3. The van der Waals surface area contributed by atoms with Gasteiger partial charge in [0.15, 0.2) is 0 Å². The molecule has 0 aliphatic heterocycles. The Bertz CT molecular complexity index is 146. The molecule has 1 N–H and O–H groups in total. The largest absolute Gasteiger partial charge is 0.340 e. The first kappa shape index (κ1) is 6.00. The lowest BCUT2D eigenvalue weighted by Gasteiger charge is -2.07. The molecule has 0 spiro atoms. The van der Waals surface area contributed by atoms with Gasteiger partial charge in [-0.05, 0) is 6.42 Å². The molecule has 0 atom stereocenters. The number of nitrogens with one attached hydrogen (secondary N) is 1. The molecule has 0 aliphatic rings. The van der Waals surface area contributed by atoms with Crippen molar-refractivity contribution in [3.8, 4) is 0 Å². The summed E-state index contributed by atoms with van der Waals surface area (Å²) in [6.45, 7) is 2.93. The highest BCUT2D eigenvalue weighted by Gasteiger charge is 1.75. The molecule has 5 heteroatoms. The molecule has 0 aromatic carbocycles. The molecule has 0 bridgehead atoms. The van der Waals surface area contributed by atoms with E-state index in [2.05, 4.69) is 34.2 Å². The third kappa shape index (κ3) is 1.67. The highest BCUT2D eigenvalue weighted by Crippen LogP contribution is 1.71. The zero-order chi connectivity index (χ0) is 6.53. The van der Waals surface area contributed by atoms with Gasteiger partial charge in [-0.1, -0.05) is 17.4 Å². The van der Waals surface area contributed by atoms with Crippen molar-refractivity contribution in [2.75, 3.05) is 12.0 Å². The van der Waals surface area contributed by atoms with E-state index in [0.29, 0.717) is 0 Å². The first-order valence-electron chi connectivity index (χ1n) is 2.83. The Kier molecular flexibility index (Phi) is 2.00.